The van der Waals surface area contributed by atoms with Crippen molar-refractivity contribution in [2.24, 2.45) is 0 Å². The molecule has 0 aliphatic carbocycles. The molecule has 1 aromatic rings. The molecule has 2 nitrogen and oxygen atoms in total. The molecule has 1 heterocycles. The minimum atomic E-state index is -0.0415. The average molecular weight is 415 g/mol. The Kier molecular flexibility index (Phi) is 12.9. The summed E-state index contributed by atoms with van der Waals surface area (Å²) in [5.41, 5.74) is 1.35. The van der Waals surface area contributed by atoms with E-state index in [0.29, 0.717) is 6.61 Å². The molecule has 2 rings (SSSR count). The van der Waals surface area contributed by atoms with Gasteiger partial charge in [-0.05, 0) is 63.1 Å². The number of rotatable bonds is 19. The Labute approximate surface area is 186 Å². The smallest absolute Gasteiger partial charge is 0.123 e. The van der Waals surface area contributed by atoms with Crippen LogP contribution in [0.15, 0.2) is 36.4 Å². The van der Waals surface area contributed by atoms with Gasteiger partial charge < -0.3 is 9.47 Å². The molecular weight excluding hydrogens is 368 g/mol. The third-order valence-corrected chi connectivity index (χ3v) is 6.06. The molecule has 0 spiro atoms. The number of unbranched alkanes of at least 4 members (excludes halogenated alkanes) is 12. The van der Waals surface area contributed by atoms with Gasteiger partial charge in [-0.1, -0.05) is 89.0 Å². The maximum absolute atomic E-state index is 5.88. The lowest BCUT2D eigenvalue weighted by Crippen LogP contribution is -2.16. The van der Waals surface area contributed by atoms with Crippen LogP contribution in [0.5, 0.6) is 5.75 Å². The maximum atomic E-state index is 5.88. The number of allylic oxidation sites excluding steroid dienone is 2. The molecule has 1 saturated heterocycles. The molecule has 2 heteroatoms. The van der Waals surface area contributed by atoms with Gasteiger partial charge in [-0.25, -0.2) is 0 Å². The van der Waals surface area contributed by atoms with Gasteiger partial charge in [0.25, 0.3) is 0 Å². The van der Waals surface area contributed by atoms with Crippen LogP contribution in [0.3, 0.4) is 0 Å². The maximum Gasteiger partial charge on any atom is 0.123 e. The first kappa shape index (κ1) is 25.0. The summed E-state index contributed by atoms with van der Waals surface area (Å²) in [6, 6.07) is 8.59. The second-order valence-corrected chi connectivity index (χ2v) is 9.36. The summed E-state index contributed by atoms with van der Waals surface area (Å²) in [6.45, 7) is 5.86. The van der Waals surface area contributed by atoms with E-state index in [0.717, 1.165) is 18.8 Å². The van der Waals surface area contributed by atoms with Crippen LogP contribution in [-0.2, 0) is 11.2 Å². The molecule has 170 valence electrons. The fourth-order valence-electron chi connectivity index (χ4n) is 3.81. The van der Waals surface area contributed by atoms with Crippen molar-refractivity contribution in [3.63, 3.8) is 0 Å². The Morgan fingerprint density at radius 1 is 0.867 bits per heavy atom. The normalized spacial score (nSPS) is 18.2. The quantitative estimate of drug-likeness (QED) is 0.129. The van der Waals surface area contributed by atoms with Crippen molar-refractivity contribution in [3.05, 3.63) is 42.0 Å². The van der Waals surface area contributed by atoms with Gasteiger partial charge in [-0.2, -0.15) is 0 Å². The minimum absolute atomic E-state index is 0.0415. The molecule has 1 aromatic carbocycles. The van der Waals surface area contributed by atoms with Gasteiger partial charge in [0.1, 0.15) is 18.0 Å². The number of epoxide rings is 1. The van der Waals surface area contributed by atoms with Crippen LogP contribution in [0.4, 0.5) is 0 Å². The lowest BCUT2D eigenvalue weighted by Gasteiger charge is -2.10. The summed E-state index contributed by atoms with van der Waals surface area (Å²) in [4.78, 5) is 0. The second-order valence-electron chi connectivity index (χ2n) is 9.36. The van der Waals surface area contributed by atoms with E-state index in [1.807, 2.05) is 0 Å². The van der Waals surface area contributed by atoms with Crippen molar-refractivity contribution < 1.29 is 9.47 Å². The minimum Gasteiger partial charge on any atom is -0.490 e. The van der Waals surface area contributed by atoms with Gasteiger partial charge in [0.2, 0.25) is 0 Å². The highest BCUT2D eigenvalue weighted by atomic mass is 16.6. The van der Waals surface area contributed by atoms with Crippen LogP contribution in [0, 0.1) is 0 Å². The highest BCUT2D eigenvalue weighted by molar-refractivity contribution is 5.28. The monoisotopic (exact) mass is 414 g/mol. The SMILES string of the molecule is CCCCCCC/C=C/CCCCCCCCCc1cccc(OCC2(C)CO2)c1. The molecule has 1 aliphatic heterocycles. The van der Waals surface area contributed by atoms with E-state index in [1.165, 1.54) is 95.5 Å². The zero-order chi connectivity index (χ0) is 21.3. The molecule has 1 atom stereocenters. The van der Waals surface area contributed by atoms with E-state index in [9.17, 15) is 0 Å². The second kappa shape index (κ2) is 15.5. The van der Waals surface area contributed by atoms with Crippen molar-refractivity contribution in [1.29, 1.82) is 0 Å². The Balaban J connectivity index is 1.37. The fraction of sp³-hybridized carbons (Fsp3) is 0.714. The summed E-state index contributed by atoms with van der Waals surface area (Å²) in [7, 11) is 0. The number of hydrogen-bond donors (Lipinski definition) is 0. The predicted molar refractivity (Wildman–Crippen MR) is 129 cm³/mol. The number of ether oxygens (including phenoxy) is 2. The Morgan fingerprint density at radius 2 is 1.47 bits per heavy atom. The molecule has 1 fully saturated rings. The Hall–Kier alpha value is -1.28. The van der Waals surface area contributed by atoms with E-state index in [1.54, 1.807) is 0 Å². The first-order valence-electron chi connectivity index (χ1n) is 12.7. The largest absolute Gasteiger partial charge is 0.490 e. The van der Waals surface area contributed by atoms with Crippen LogP contribution in [0.2, 0.25) is 0 Å². The third-order valence-electron chi connectivity index (χ3n) is 6.06. The fourth-order valence-corrected chi connectivity index (χ4v) is 3.81. The summed E-state index contributed by atoms with van der Waals surface area (Å²) in [5.74, 6) is 0.981. The summed E-state index contributed by atoms with van der Waals surface area (Å²) >= 11 is 0. The summed E-state index contributed by atoms with van der Waals surface area (Å²) in [6.07, 6.45) is 25.0. The van der Waals surface area contributed by atoms with E-state index in [2.05, 4.69) is 50.3 Å². The Morgan fingerprint density at radius 3 is 2.10 bits per heavy atom. The molecule has 0 saturated carbocycles. The number of aryl methyl sites for hydroxylation is 1. The lowest BCUT2D eigenvalue weighted by atomic mass is 10.0. The average Bonchev–Trinajstić information content (AvgIpc) is 3.50. The zero-order valence-electron chi connectivity index (χ0n) is 19.8. The van der Waals surface area contributed by atoms with Crippen molar-refractivity contribution in [3.8, 4) is 5.75 Å². The van der Waals surface area contributed by atoms with Crippen molar-refractivity contribution in [2.45, 2.75) is 116 Å². The van der Waals surface area contributed by atoms with E-state index in [-0.39, 0.29) is 5.60 Å². The highest BCUT2D eigenvalue weighted by Crippen LogP contribution is 2.27. The molecule has 0 radical (unpaired) electrons. The third kappa shape index (κ3) is 12.4. The molecule has 0 N–H and O–H groups in total. The zero-order valence-corrected chi connectivity index (χ0v) is 19.8. The van der Waals surface area contributed by atoms with Gasteiger partial charge in [-0.3, -0.25) is 0 Å². The van der Waals surface area contributed by atoms with E-state index in [4.69, 9.17) is 9.47 Å². The summed E-state index contributed by atoms with van der Waals surface area (Å²) < 4.78 is 11.3. The van der Waals surface area contributed by atoms with E-state index >= 15 is 0 Å². The Bertz CT molecular complexity index is 574. The van der Waals surface area contributed by atoms with Gasteiger partial charge in [-0.15, -0.1) is 0 Å². The molecular formula is C28H46O2. The van der Waals surface area contributed by atoms with Crippen molar-refractivity contribution >= 4 is 0 Å². The van der Waals surface area contributed by atoms with Crippen LogP contribution in [0.25, 0.3) is 0 Å². The first-order valence-corrected chi connectivity index (χ1v) is 12.7. The standard InChI is InChI=1S/C28H46O2/c1-3-4-5-6-7-8-9-10-11-12-13-14-15-16-17-18-20-26-21-19-22-27(23-26)29-24-28(2)25-30-28/h9-10,19,21-23H,3-8,11-18,20,24-25H2,1-2H3/b10-9+. The van der Waals surface area contributed by atoms with Gasteiger partial charge in [0, 0.05) is 0 Å². The van der Waals surface area contributed by atoms with Crippen LogP contribution in [-0.4, -0.2) is 18.8 Å². The van der Waals surface area contributed by atoms with Gasteiger partial charge in [0.05, 0.1) is 6.61 Å². The van der Waals surface area contributed by atoms with Crippen molar-refractivity contribution in [1.82, 2.24) is 0 Å². The summed E-state index contributed by atoms with van der Waals surface area (Å²) in [5, 5.41) is 0. The van der Waals surface area contributed by atoms with E-state index < -0.39 is 0 Å². The first-order chi connectivity index (χ1) is 14.7. The molecule has 1 aliphatic rings. The van der Waals surface area contributed by atoms with Gasteiger partial charge >= 0.3 is 0 Å². The van der Waals surface area contributed by atoms with Crippen LogP contribution in [0.1, 0.15) is 109 Å². The molecule has 0 amide bonds. The van der Waals surface area contributed by atoms with Crippen LogP contribution >= 0.6 is 0 Å². The van der Waals surface area contributed by atoms with Crippen LogP contribution < -0.4 is 4.74 Å². The number of hydrogen-bond acceptors (Lipinski definition) is 2. The predicted octanol–water partition coefficient (Wildman–Crippen LogP) is 8.43. The molecule has 1 unspecified atom stereocenters. The molecule has 0 bridgehead atoms. The van der Waals surface area contributed by atoms with Crippen molar-refractivity contribution in [2.75, 3.05) is 13.2 Å². The number of benzene rings is 1. The molecule has 30 heavy (non-hydrogen) atoms. The highest BCUT2D eigenvalue weighted by Gasteiger charge is 2.40. The van der Waals surface area contributed by atoms with Gasteiger partial charge in [0.15, 0.2) is 0 Å². The topological polar surface area (TPSA) is 21.8 Å². The lowest BCUT2D eigenvalue weighted by molar-refractivity contribution is 0.202. The molecule has 0 aromatic heterocycles.